The van der Waals surface area contributed by atoms with Gasteiger partial charge in [0.15, 0.2) is 0 Å². The third-order valence-corrected chi connectivity index (χ3v) is 4.40. The number of amides is 2. The van der Waals surface area contributed by atoms with Crippen LogP contribution in [0.2, 0.25) is 0 Å². The Labute approximate surface area is 181 Å². The molecule has 0 aliphatic rings. The first-order chi connectivity index (χ1) is 15.1. The highest BCUT2D eigenvalue weighted by molar-refractivity contribution is 6.10. The molecule has 158 valence electrons. The van der Waals surface area contributed by atoms with Crippen LogP contribution in [-0.2, 0) is 4.79 Å². The SMILES string of the molecule is CCOc1ccccc1C=C(NC(=O)c1ccccc1)C(=O)Nc1ccc(OC)cc1. The van der Waals surface area contributed by atoms with E-state index < -0.39 is 5.91 Å². The van der Waals surface area contributed by atoms with Crippen LogP contribution in [0.15, 0.2) is 84.6 Å². The van der Waals surface area contributed by atoms with Gasteiger partial charge in [0.2, 0.25) is 0 Å². The Balaban J connectivity index is 1.91. The van der Waals surface area contributed by atoms with Crippen LogP contribution < -0.4 is 20.1 Å². The highest BCUT2D eigenvalue weighted by Gasteiger charge is 2.16. The summed E-state index contributed by atoms with van der Waals surface area (Å²) in [5.41, 5.74) is 1.79. The Morgan fingerprint density at radius 3 is 2.26 bits per heavy atom. The Morgan fingerprint density at radius 1 is 0.903 bits per heavy atom. The number of carbonyl (C=O) groups excluding carboxylic acids is 2. The van der Waals surface area contributed by atoms with Crippen molar-refractivity contribution in [2.75, 3.05) is 19.0 Å². The molecule has 0 saturated heterocycles. The van der Waals surface area contributed by atoms with E-state index in [2.05, 4.69) is 10.6 Å². The summed E-state index contributed by atoms with van der Waals surface area (Å²) in [5, 5.41) is 5.53. The van der Waals surface area contributed by atoms with Crippen molar-refractivity contribution in [1.29, 1.82) is 0 Å². The van der Waals surface area contributed by atoms with Crippen molar-refractivity contribution in [3.8, 4) is 11.5 Å². The summed E-state index contributed by atoms with van der Waals surface area (Å²) in [4.78, 5) is 25.8. The number of anilines is 1. The van der Waals surface area contributed by atoms with E-state index in [1.165, 1.54) is 0 Å². The molecule has 0 aliphatic carbocycles. The van der Waals surface area contributed by atoms with Crippen LogP contribution in [0.4, 0.5) is 5.69 Å². The quantitative estimate of drug-likeness (QED) is 0.530. The summed E-state index contributed by atoms with van der Waals surface area (Å²) in [6, 6.07) is 23.0. The highest BCUT2D eigenvalue weighted by atomic mass is 16.5. The second-order valence-corrected chi connectivity index (χ2v) is 6.53. The zero-order valence-corrected chi connectivity index (χ0v) is 17.4. The minimum absolute atomic E-state index is 0.0943. The Morgan fingerprint density at radius 2 is 1.58 bits per heavy atom. The van der Waals surface area contributed by atoms with Crippen LogP contribution in [0.3, 0.4) is 0 Å². The van der Waals surface area contributed by atoms with Crippen molar-refractivity contribution in [2.24, 2.45) is 0 Å². The van der Waals surface area contributed by atoms with E-state index in [1.807, 2.05) is 37.3 Å². The number of para-hydroxylation sites is 1. The molecule has 3 rings (SSSR count). The maximum absolute atomic E-state index is 13.0. The van der Waals surface area contributed by atoms with E-state index in [-0.39, 0.29) is 11.6 Å². The zero-order valence-electron chi connectivity index (χ0n) is 17.4. The minimum Gasteiger partial charge on any atom is -0.497 e. The second-order valence-electron chi connectivity index (χ2n) is 6.53. The number of rotatable bonds is 8. The van der Waals surface area contributed by atoms with E-state index >= 15 is 0 Å². The van der Waals surface area contributed by atoms with Gasteiger partial charge in [-0.1, -0.05) is 36.4 Å². The summed E-state index contributed by atoms with van der Waals surface area (Å²) in [6.45, 7) is 2.36. The predicted octanol–water partition coefficient (Wildman–Crippen LogP) is 4.50. The molecule has 0 unspecified atom stereocenters. The minimum atomic E-state index is -0.458. The first kappa shape index (κ1) is 21.6. The average Bonchev–Trinajstić information content (AvgIpc) is 2.81. The Hall–Kier alpha value is -4.06. The molecule has 0 atom stereocenters. The lowest BCUT2D eigenvalue weighted by atomic mass is 10.1. The van der Waals surface area contributed by atoms with E-state index in [9.17, 15) is 9.59 Å². The number of ether oxygens (including phenoxy) is 2. The topological polar surface area (TPSA) is 76.7 Å². The fraction of sp³-hybridized carbons (Fsp3) is 0.120. The molecule has 6 heteroatoms. The molecule has 0 heterocycles. The van der Waals surface area contributed by atoms with E-state index in [0.717, 1.165) is 0 Å². The summed E-state index contributed by atoms with van der Waals surface area (Å²) < 4.78 is 10.8. The van der Waals surface area contributed by atoms with Gasteiger partial charge in [0.05, 0.1) is 13.7 Å². The molecule has 0 saturated carbocycles. The van der Waals surface area contributed by atoms with Crippen LogP contribution in [0, 0.1) is 0 Å². The molecule has 3 aromatic carbocycles. The maximum atomic E-state index is 13.0. The Kier molecular flexibility index (Phi) is 7.43. The van der Waals surface area contributed by atoms with Gasteiger partial charge in [-0.3, -0.25) is 9.59 Å². The molecule has 0 fully saturated rings. The van der Waals surface area contributed by atoms with Crippen molar-refractivity contribution in [2.45, 2.75) is 6.92 Å². The summed E-state index contributed by atoms with van der Waals surface area (Å²) in [5.74, 6) is 0.455. The van der Waals surface area contributed by atoms with Gasteiger partial charge in [-0.25, -0.2) is 0 Å². The van der Waals surface area contributed by atoms with Gasteiger partial charge in [0, 0.05) is 16.8 Å². The molecule has 31 heavy (non-hydrogen) atoms. The van der Waals surface area contributed by atoms with Gasteiger partial charge < -0.3 is 20.1 Å². The molecule has 6 nitrogen and oxygen atoms in total. The highest BCUT2D eigenvalue weighted by Crippen LogP contribution is 2.22. The number of benzene rings is 3. The van der Waals surface area contributed by atoms with Gasteiger partial charge in [0.1, 0.15) is 17.2 Å². The van der Waals surface area contributed by atoms with Crippen molar-refractivity contribution >= 4 is 23.6 Å². The van der Waals surface area contributed by atoms with Gasteiger partial charge in [-0.05, 0) is 55.5 Å². The van der Waals surface area contributed by atoms with E-state index in [0.29, 0.717) is 34.9 Å². The summed E-state index contributed by atoms with van der Waals surface area (Å²) in [6.07, 6.45) is 1.60. The monoisotopic (exact) mass is 416 g/mol. The molecule has 3 aromatic rings. The van der Waals surface area contributed by atoms with Crippen molar-refractivity contribution in [1.82, 2.24) is 5.32 Å². The van der Waals surface area contributed by atoms with E-state index in [1.54, 1.807) is 61.7 Å². The van der Waals surface area contributed by atoms with Crippen LogP contribution in [-0.4, -0.2) is 25.5 Å². The lowest BCUT2D eigenvalue weighted by Crippen LogP contribution is -2.30. The number of hydrogen-bond donors (Lipinski definition) is 2. The number of nitrogens with one attached hydrogen (secondary N) is 2. The lowest BCUT2D eigenvalue weighted by molar-refractivity contribution is -0.113. The van der Waals surface area contributed by atoms with Crippen LogP contribution >= 0.6 is 0 Å². The van der Waals surface area contributed by atoms with Crippen LogP contribution in [0.5, 0.6) is 11.5 Å². The number of hydrogen-bond acceptors (Lipinski definition) is 4. The molecule has 2 amide bonds. The number of carbonyl (C=O) groups is 2. The summed E-state index contributed by atoms with van der Waals surface area (Å²) >= 11 is 0. The average molecular weight is 416 g/mol. The maximum Gasteiger partial charge on any atom is 0.272 e. The first-order valence-corrected chi connectivity index (χ1v) is 9.86. The molecule has 0 bridgehead atoms. The molecule has 0 aromatic heterocycles. The summed E-state index contributed by atoms with van der Waals surface area (Å²) in [7, 11) is 1.57. The smallest absolute Gasteiger partial charge is 0.272 e. The molecular formula is C25H24N2O4. The fourth-order valence-electron chi connectivity index (χ4n) is 2.86. The standard InChI is InChI=1S/C25H24N2O4/c1-3-31-23-12-8-7-11-19(23)17-22(27-24(28)18-9-5-4-6-10-18)25(29)26-20-13-15-21(30-2)16-14-20/h4-17H,3H2,1-2H3,(H,26,29)(H,27,28). The van der Waals surface area contributed by atoms with E-state index in [4.69, 9.17) is 9.47 Å². The van der Waals surface area contributed by atoms with Crippen LogP contribution in [0.25, 0.3) is 6.08 Å². The van der Waals surface area contributed by atoms with Crippen LogP contribution in [0.1, 0.15) is 22.8 Å². The van der Waals surface area contributed by atoms with Gasteiger partial charge in [-0.2, -0.15) is 0 Å². The first-order valence-electron chi connectivity index (χ1n) is 9.86. The zero-order chi connectivity index (χ0) is 22.1. The third kappa shape index (κ3) is 5.96. The molecule has 0 aliphatic heterocycles. The molecular weight excluding hydrogens is 392 g/mol. The van der Waals surface area contributed by atoms with Crippen molar-refractivity contribution in [3.63, 3.8) is 0 Å². The fourth-order valence-corrected chi connectivity index (χ4v) is 2.86. The Bertz CT molecular complexity index is 1060. The normalized spacial score (nSPS) is 10.8. The van der Waals surface area contributed by atoms with Gasteiger partial charge in [-0.15, -0.1) is 0 Å². The third-order valence-electron chi connectivity index (χ3n) is 4.40. The van der Waals surface area contributed by atoms with Gasteiger partial charge >= 0.3 is 0 Å². The molecule has 0 spiro atoms. The number of methoxy groups -OCH3 is 1. The second kappa shape index (κ2) is 10.6. The van der Waals surface area contributed by atoms with Crippen molar-refractivity contribution < 1.29 is 19.1 Å². The largest absolute Gasteiger partial charge is 0.497 e. The predicted molar refractivity (Wildman–Crippen MR) is 121 cm³/mol. The van der Waals surface area contributed by atoms with Gasteiger partial charge in [0.25, 0.3) is 11.8 Å². The lowest BCUT2D eigenvalue weighted by Gasteiger charge is -2.13. The molecule has 0 radical (unpaired) electrons. The van der Waals surface area contributed by atoms with Crippen molar-refractivity contribution in [3.05, 3.63) is 95.7 Å². The molecule has 2 N–H and O–H groups in total.